The first-order valence-electron chi connectivity index (χ1n) is 8.38. The summed E-state index contributed by atoms with van der Waals surface area (Å²) in [7, 11) is 0. The molecule has 0 radical (unpaired) electrons. The molecule has 0 bridgehead atoms. The molecule has 0 amide bonds. The normalized spacial score (nSPS) is 19.2. The van der Waals surface area contributed by atoms with E-state index >= 15 is 0 Å². The lowest BCUT2D eigenvalue weighted by atomic mass is 9.98. The van der Waals surface area contributed by atoms with Crippen molar-refractivity contribution >= 4 is 11.4 Å². The van der Waals surface area contributed by atoms with Crippen molar-refractivity contribution in [2.75, 3.05) is 5.01 Å². The standard InChI is InChI=1S/C21H19FN4/c1-15-2-8-19(9-3-15)26-21(23,17-4-6-18(22)7-5-17)14-20(25-26)16-10-12-24-13-11-16/h2-14,25H,23H2,1H3. The minimum absolute atomic E-state index is 0.288. The molecule has 1 unspecified atom stereocenters. The zero-order valence-electron chi connectivity index (χ0n) is 14.4. The van der Waals surface area contributed by atoms with Crippen molar-refractivity contribution in [2.24, 2.45) is 5.73 Å². The fourth-order valence-electron chi connectivity index (χ4n) is 3.11. The number of hydrogen-bond acceptors (Lipinski definition) is 4. The van der Waals surface area contributed by atoms with Gasteiger partial charge in [0.1, 0.15) is 5.82 Å². The van der Waals surface area contributed by atoms with E-state index in [-0.39, 0.29) is 5.82 Å². The van der Waals surface area contributed by atoms with E-state index in [1.165, 1.54) is 17.7 Å². The third-order valence-electron chi connectivity index (χ3n) is 4.56. The Bertz CT molecular complexity index is 936. The van der Waals surface area contributed by atoms with Gasteiger partial charge in [0.2, 0.25) is 0 Å². The molecule has 5 heteroatoms. The quantitative estimate of drug-likeness (QED) is 0.759. The Hall–Kier alpha value is -3.18. The molecular formula is C21H19FN4. The van der Waals surface area contributed by atoms with Gasteiger partial charge in [-0.05, 0) is 55.0 Å². The lowest BCUT2D eigenvalue weighted by Gasteiger charge is -2.36. The maximum Gasteiger partial charge on any atom is 0.155 e. The molecule has 26 heavy (non-hydrogen) atoms. The second kappa shape index (κ2) is 6.28. The van der Waals surface area contributed by atoms with Crippen molar-refractivity contribution in [3.8, 4) is 0 Å². The number of nitrogens with one attached hydrogen (secondary N) is 1. The lowest BCUT2D eigenvalue weighted by molar-refractivity contribution is 0.516. The van der Waals surface area contributed by atoms with Gasteiger partial charge in [0.25, 0.3) is 0 Å². The van der Waals surface area contributed by atoms with E-state index in [9.17, 15) is 4.39 Å². The smallest absolute Gasteiger partial charge is 0.155 e. The van der Waals surface area contributed by atoms with Gasteiger partial charge >= 0.3 is 0 Å². The molecular weight excluding hydrogens is 327 g/mol. The minimum Gasteiger partial charge on any atom is -0.300 e. The zero-order valence-corrected chi connectivity index (χ0v) is 14.4. The Morgan fingerprint density at radius 3 is 2.27 bits per heavy atom. The van der Waals surface area contributed by atoms with Gasteiger partial charge in [-0.1, -0.05) is 29.8 Å². The fourth-order valence-corrected chi connectivity index (χ4v) is 3.11. The molecule has 3 N–H and O–H groups in total. The van der Waals surface area contributed by atoms with Crippen LogP contribution in [0.1, 0.15) is 16.7 Å². The Labute approximate surface area is 151 Å². The number of nitrogens with two attached hydrogens (primary N) is 1. The molecule has 2 heterocycles. The number of hydrazine groups is 1. The highest BCUT2D eigenvalue weighted by Crippen LogP contribution is 2.36. The number of halogens is 1. The van der Waals surface area contributed by atoms with E-state index in [1.54, 1.807) is 24.5 Å². The van der Waals surface area contributed by atoms with E-state index in [4.69, 9.17) is 5.73 Å². The van der Waals surface area contributed by atoms with Crippen molar-refractivity contribution in [3.05, 3.63) is 102 Å². The summed E-state index contributed by atoms with van der Waals surface area (Å²) in [6.45, 7) is 2.04. The first-order valence-corrected chi connectivity index (χ1v) is 8.38. The first-order chi connectivity index (χ1) is 12.6. The molecule has 130 valence electrons. The fraction of sp³-hybridized carbons (Fsp3) is 0.0952. The molecule has 0 saturated carbocycles. The van der Waals surface area contributed by atoms with Crippen LogP contribution in [0.5, 0.6) is 0 Å². The highest BCUT2D eigenvalue weighted by Gasteiger charge is 2.39. The number of aromatic nitrogens is 1. The number of nitrogens with zero attached hydrogens (tertiary/aromatic N) is 2. The van der Waals surface area contributed by atoms with E-state index < -0.39 is 5.66 Å². The van der Waals surface area contributed by atoms with E-state index in [0.717, 1.165) is 22.5 Å². The van der Waals surface area contributed by atoms with Gasteiger partial charge in [-0.3, -0.25) is 21.2 Å². The van der Waals surface area contributed by atoms with Gasteiger partial charge in [-0.15, -0.1) is 0 Å². The maximum absolute atomic E-state index is 13.4. The predicted octanol–water partition coefficient (Wildman–Crippen LogP) is 3.71. The summed E-state index contributed by atoms with van der Waals surface area (Å²) < 4.78 is 13.4. The van der Waals surface area contributed by atoms with Crippen LogP contribution in [0.3, 0.4) is 0 Å². The molecule has 2 aromatic carbocycles. The summed E-state index contributed by atoms with van der Waals surface area (Å²) in [5.74, 6) is -0.288. The van der Waals surface area contributed by atoms with Crippen LogP contribution in [0.2, 0.25) is 0 Å². The average molecular weight is 346 g/mol. The van der Waals surface area contributed by atoms with Gasteiger partial charge < -0.3 is 0 Å². The van der Waals surface area contributed by atoms with E-state index in [1.807, 2.05) is 54.4 Å². The Kier molecular flexibility index (Phi) is 3.93. The largest absolute Gasteiger partial charge is 0.300 e. The van der Waals surface area contributed by atoms with Crippen molar-refractivity contribution in [2.45, 2.75) is 12.6 Å². The van der Waals surface area contributed by atoms with Crippen LogP contribution in [0.4, 0.5) is 10.1 Å². The summed E-state index contributed by atoms with van der Waals surface area (Å²) in [5.41, 5.74) is 14.0. The average Bonchev–Trinajstić information content (AvgIpc) is 3.02. The van der Waals surface area contributed by atoms with Crippen LogP contribution in [-0.2, 0) is 5.66 Å². The SMILES string of the molecule is Cc1ccc(N2NC(c3ccncc3)=CC2(N)c2ccc(F)cc2)cc1. The Morgan fingerprint density at radius 2 is 1.62 bits per heavy atom. The van der Waals surface area contributed by atoms with Crippen LogP contribution < -0.4 is 16.2 Å². The molecule has 1 aliphatic rings. The zero-order chi connectivity index (χ0) is 18.1. The van der Waals surface area contributed by atoms with Gasteiger partial charge in [0, 0.05) is 18.0 Å². The van der Waals surface area contributed by atoms with Crippen LogP contribution in [0, 0.1) is 12.7 Å². The molecule has 4 nitrogen and oxygen atoms in total. The van der Waals surface area contributed by atoms with Crippen LogP contribution in [-0.4, -0.2) is 4.98 Å². The lowest BCUT2D eigenvalue weighted by Crippen LogP contribution is -2.53. The summed E-state index contributed by atoms with van der Waals surface area (Å²) >= 11 is 0. The number of pyridine rings is 1. The molecule has 0 aliphatic carbocycles. The van der Waals surface area contributed by atoms with Crippen molar-refractivity contribution in [1.82, 2.24) is 10.4 Å². The highest BCUT2D eigenvalue weighted by atomic mass is 19.1. The maximum atomic E-state index is 13.4. The molecule has 1 aliphatic heterocycles. The topological polar surface area (TPSA) is 54.2 Å². The minimum atomic E-state index is -0.957. The first kappa shape index (κ1) is 16.3. The Balaban J connectivity index is 1.82. The van der Waals surface area contributed by atoms with Crippen molar-refractivity contribution in [1.29, 1.82) is 0 Å². The van der Waals surface area contributed by atoms with Gasteiger partial charge in [0.15, 0.2) is 5.66 Å². The van der Waals surface area contributed by atoms with E-state index in [0.29, 0.717) is 0 Å². The van der Waals surface area contributed by atoms with Crippen LogP contribution >= 0.6 is 0 Å². The number of rotatable bonds is 3. The number of aryl methyl sites for hydroxylation is 1. The molecule has 1 aromatic heterocycles. The van der Waals surface area contributed by atoms with Gasteiger partial charge in [-0.25, -0.2) is 4.39 Å². The molecule has 0 fully saturated rings. The van der Waals surface area contributed by atoms with Gasteiger partial charge in [0.05, 0.1) is 11.4 Å². The number of hydrogen-bond donors (Lipinski definition) is 2. The predicted molar refractivity (Wildman–Crippen MR) is 101 cm³/mol. The van der Waals surface area contributed by atoms with E-state index in [2.05, 4.69) is 10.4 Å². The molecule has 4 rings (SSSR count). The van der Waals surface area contributed by atoms with Crippen molar-refractivity contribution < 1.29 is 4.39 Å². The molecule has 1 atom stereocenters. The van der Waals surface area contributed by atoms with Crippen LogP contribution in [0.15, 0.2) is 79.1 Å². The molecule has 0 saturated heterocycles. The summed E-state index contributed by atoms with van der Waals surface area (Å²) in [5, 5.41) is 1.90. The second-order valence-corrected chi connectivity index (χ2v) is 6.41. The monoisotopic (exact) mass is 346 g/mol. The molecule has 3 aromatic rings. The number of benzene rings is 2. The van der Waals surface area contributed by atoms with Crippen molar-refractivity contribution in [3.63, 3.8) is 0 Å². The second-order valence-electron chi connectivity index (χ2n) is 6.41. The molecule has 0 spiro atoms. The summed E-state index contributed by atoms with van der Waals surface area (Å²) in [4.78, 5) is 4.07. The summed E-state index contributed by atoms with van der Waals surface area (Å²) in [6.07, 6.45) is 5.43. The Morgan fingerprint density at radius 1 is 0.962 bits per heavy atom. The third-order valence-corrected chi connectivity index (χ3v) is 4.56. The van der Waals surface area contributed by atoms with Gasteiger partial charge in [-0.2, -0.15) is 0 Å². The van der Waals surface area contributed by atoms with Crippen LogP contribution in [0.25, 0.3) is 5.70 Å². The highest BCUT2D eigenvalue weighted by molar-refractivity contribution is 5.73. The summed E-state index contributed by atoms with van der Waals surface area (Å²) in [6, 6.07) is 18.2. The number of anilines is 1. The third kappa shape index (κ3) is 2.82.